The van der Waals surface area contributed by atoms with Gasteiger partial charge >= 0.3 is 0 Å². The predicted octanol–water partition coefficient (Wildman–Crippen LogP) is 1.48. The third-order valence-corrected chi connectivity index (χ3v) is 2.61. The molecule has 0 aromatic carbocycles. The lowest BCUT2D eigenvalue weighted by atomic mass is 10.3. The lowest BCUT2D eigenvalue weighted by molar-refractivity contribution is 1.04. The molecule has 2 rings (SSSR count). The van der Waals surface area contributed by atoms with E-state index >= 15 is 0 Å². The number of nitrogens with two attached hydrogens (primary N) is 1. The third kappa shape index (κ3) is 2.27. The Bertz CT molecular complexity index is 535. The molecule has 0 saturated carbocycles. The number of nitriles is 1. The number of rotatable bonds is 2. The molecule has 0 bridgehead atoms. The quantitative estimate of drug-likeness (QED) is 0.839. The predicted molar refractivity (Wildman–Crippen MR) is 59.5 cm³/mol. The van der Waals surface area contributed by atoms with Crippen LogP contribution in [-0.4, -0.2) is 15.0 Å². The Kier molecular flexibility index (Phi) is 2.98. The maximum atomic E-state index is 8.78. The molecule has 6 heteroatoms. The van der Waals surface area contributed by atoms with Crippen LogP contribution in [0.3, 0.4) is 0 Å². The van der Waals surface area contributed by atoms with Crippen LogP contribution < -0.4 is 5.73 Å². The first-order valence-electron chi connectivity index (χ1n) is 4.40. The second kappa shape index (κ2) is 4.59. The van der Waals surface area contributed by atoms with Crippen molar-refractivity contribution in [2.75, 3.05) is 5.73 Å². The van der Waals surface area contributed by atoms with Gasteiger partial charge in [0.1, 0.15) is 16.1 Å². The summed E-state index contributed by atoms with van der Waals surface area (Å²) in [5, 5.41) is 10.2. The van der Waals surface area contributed by atoms with E-state index in [0.29, 0.717) is 10.7 Å². The second-order valence-corrected chi connectivity index (χ2v) is 3.89. The second-order valence-electron chi connectivity index (χ2n) is 2.84. The van der Waals surface area contributed by atoms with Crippen molar-refractivity contribution in [3.8, 4) is 6.07 Å². The van der Waals surface area contributed by atoms with Crippen molar-refractivity contribution in [2.45, 2.75) is 10.1 Å². The normalized spacial score (nSPS) is 9.69. The van der Waals surface area contributed by atoms with Gasteiger partial charge in [-0.15, -0.1) is 0 Å². The van der Waals surface area contributed by atoms with Gasteiger partial charge in [0.05, 0.1) is 11.9 Å². The molecule has 2 aromatic rings. The molecule has 0 aliphatic heterocycles. The maximum Gasteiger partial charge on any atom is 0.164 e. The minimum absolute atomic E-state index is 0.230. The molecule has 0 radical (unpaired) electrons. The number of anilines is 1. The Hall–Kier alpha value is -2.13. The highest BCUT2D eigenvalue weighted by Gasteiger charge is 2.04. The van der Waals surface area contributed by atoms with Crippen LogP contribution in [0.15, 0.2) is 40.8 Å². The van der Waals surface area contributed by atoms with E-state index in [1.54, 1.807) is 30.7 Å². The number of nitrogen functional groups attached to an aromatic ring is 1. The largest absolute Gasteiger partial charge is 0.396 e. The fourth-order valence-electron chi connectivity index (χ4n) is 1.04. The molecule has 0 saturated heterocycles. The molecule has 2 heterocycles. The molecule has 0 spiro atoms. The highest BCUT2D eigenvalue weighted by molar-refractivity contribution is 7.99. The Balaban J connectivity index is 2.27. The van der Waals surface area contributed by atoms with E-state index in [1.807, 2.05) is 6.07 Å². The average molecular weight is 229 g/mol. The Labute approximate surface area is 96.4 Å². The smallest absolute Gasteiger partial charge is 0.164 e. The Morgan fingerprint density at radius 3 is 2.81 bits per heavy atom. The van der Waals surface area contributed by atoms with Crippen LogP contribution >= 0.6 is 11.8 Å². The molecule has 5 nitrogen and oxygen atoms in total. The monoisotopic (exact) mass is 229 g/mol. The van der Waals surface area contributed by atoms with Crippen molar-refractivity contribution in [3.05, 3.63) is 36.4 Å². The van der Waals surface area contributed by atoms with Crippen LogP contribution in [0.4, 0.5) is 5.69 Å². The van der Waals surface area contributed by atoms with Gasteiger partial charge in [-0.3, -0.25) is 4.98 Å². The van der Waals surface area contributed by atoms with Gasteiger partial charge in [-0.25, -0.2) is 9.97 Å². The zero-order valence-electron chi connectivity index (χ0n) is 8.16. The van der Waals surface area contributed by atoms with Crippen molar-refractivity contribution in [1.82, 2.24) is 15.0 Å². The van der Waals surface area contributed by atoms with Gasteiger partial charge in [-0.1, -0.05) is 0 Å². The molecule has 2 N–H and O–H groups in total. The van der Waals surface area contributed by atoms with Crippen LogP contribution in [0.1, 0.15) is 5.69 Å². The molecule has 2 aromatic heterocycles. The summed E-state index contributed by atoms with van der Waals surface area (Å²) in [7, 11) is 0. The molecule has 0 fully saturated rings. The summed E-state index contributed by atoms with van der Waals surface area (Å²) >= 11 is 1.33. The summed E-state index contributed by atoms with van der Waals surface area (Å²) in [6, 6.07) is 5.34. The minimum Gasteiger partial charge on any atom is -0.396 e. The SMILES string of the molecule is N#Cc1nc(Sc2cnccn2)ccc1N. The van der Waals surface area contributed by atoms with Crippen LogP contribution in [0.25, 0.3) is 0 Å². The lowest BCUT2D eigenvalue weighted by Gasteiger charge is -2.01. The number of hydrogen-bond acceptors (Lipinski definition) is 6. The summed E-state index contributed by atoms with van der Waals surface area (Å²) in [5.41, 5.74) is 6.18. The number of pyridine rings is 1. The van der Waals surface area contributed by atoms with Gasteiger partial charge in [0.25, 0.3) is 0 Å². The van der Waals surface area contributed by atoms with Gasteiger partial charge in [0.2, 0.25) is 0 Å². The van der Waals surface area contributed by atoms with Crippen molar-refractivity contribution in [1.29, 1.82) is 5.26 Å². The molecule has 78 valence electrons. The molecule has 0 atom stereocenters. The highest BCUT2D eigenvalue weighted by Crippen LogP contribution is 2.24. The summed E-state index contributed by atoms with van der Waals surface area (Å²) in [5.74, 6) is 0. The first-order chi connectivity index (χ1) is 7.79. The van der Waals surface area contributed by atoms with Crippen LogP contribution in [0.2, 0.25) is 0 Å². The summed E-state index contributed by atoms with van der Waals surface area (Å²) in [6.07, 6.45) is 4.83. The van der Waals surface area contributed by atoms with Gasteiger partial charge in [0, 0.05) is 12.4 Å². The molecular formula is C10H7N5S. The lowest BCUT2D eigenvalue weighted by Crippen LogP contribution is -1.94. The van der Waals surface area contributed by atoms with Crippen LogP contribution in [-0.2, 0) is 0 Å². The Morgan fingerprint density at radius 1 is 1.25 bits per heavy atom. The first-order valence-corrected chi connectivity index (χ1v) is 5.22. The average Bonchev–Trinajstić information content (AvgIpc) is 2.33. The van der Waals surface area contributed by atoms with E-state index in [9.17, 15) is 0 Å². The van der Waals surface area contributed by atoms with Gasteiger partial charge in [-0.05, 0) is 23.9 Å². The Morgan fingerprint density at radius 2 is 2.12 bits per heavy atom. The molecule has 0 aliphatic rings. The zero-order valence-corrected chi connectivity index (χ0v) is 8.98. The number of aromatic nitrogens is 3. The number of nitrogens with zero attached hydrogens (tertiary/aromatic N) is 4. The zero-order chi connectivity index (χ0) is 11.4. The molecule has 0 unspecified atom stereocenters. The van der Waals surface area contributed by atoms with Crippen LogP contribution in [0.5, 0.6) is 0 Å². The summed E-state index contributed by atoms with van der Waals surface area (Å²) < 4.78 is 0. The van der Waals surface area contributed by atoms with Gasteiger partial charge in [-0.2, -0.15) is 5.26 Å². The van der Waals surface area contributed by atoms with E-state index in [2.05, 4.69) is 15.0 Å². The standard InChI is InChI=1S/C10H7N5S/c11-5-8-7(12)1-2-9(15-8)16-10-6-13-3-4-14-10/h1-4,6H,12H2. The fraction of sp³-hybridized carbons (Fsp3) is 0. The van der Waals surface area contributed by atoms with E-state index in [0.717, 1.165) is 5.03 Å². The van der Waals surface area contributed by atoms with E-state index in [4.69, 9.17) is 11.0 Å². The van der Waals surface area contributed by atoms with Gasteiger partial charge in [0.15, 0.2) is 5.69 Å². The topological polar surface area (TPSA) is 88.5 Å². The van der Waals surface area contributed by atoms with Gasteiger partial charge < -0.3 is 5.73 Å². The van der Waals surface area contributed by atoms with E-state index < -0.39 is 0 Å². The molecule has 0 amide bonds. The molecular weight excluding hydrogens is 222 g/mol. The maximum absolute atomic E-state index is 8.78. The van der Waals surface area contributed by atoms with Crippen molar-refractivity contribution >= 4 is 17.4 Å². The summed E-state index contributed by atoms with van der Waals surface area (Å²) in [6.45, 7) is 0. The molecule has 0 aliphatic carbocycles. The van der Waals surface area contributed by atoms with Crippen molar-refractivity contribution in [2.24, 2.45) is 0 Å². The number of hydrogen-bond donors (Lipinski definition) is 1. The third-order valence-electron chi connectivity index (χ3n) is 1.76. The minimum atomic E-state index is 0.230. The van der Waals surface area contributed by atoms with E-state index in [1.165, 1.54) is 11.8 Å². The van der Waals surface area contributed by atoms with E-state index in [-0.39, 0.29) is 5.69 Å². The molecule has 16 heavy (non-hydrogen) atoms. The van der Waals surface area contributed by atoms with Crippen molar-refractivity contribution < 1.29 is 0 Å². The van der Waals surface area contributed by atoms with Crippen LogP contribution in [0, 0.1) is 11.3 Å². The van der Waals surface area contributed by atoms with Crippen molar-refractivity contribution in [3.63, 3.8) is 0 Å². The fourth-order valence-corrected chi connectivity index (χ4v) is 1.76. The summed E-state index contributed by atoms with van der Waals surface area (Å²) in [4.78, 5) is 12.1. The first kappa shape index (κ1) is 10.4. The highest BCUT2D eigenvalue weighted by atomic mass is 32.2.